The maximum absolute atomic E-state index is 12.7. The second-order valence-corrected chi connectivity index (χ2v) is 6.85. The van der Waals surface area contributed by atoms with Gasteiger partial charge in [-0.05, 0) is 30.5 Å². The Morgan fingerprint density at radius 1 is 1.10 bits per heavy atom. The maximum Gasteiger partial charge on any atom is 0.243 e. The second kappa shape index (κ2) is 8.39. The van der Waals surface area contributed by atoms with E-state index in [0.717, 1.165) is 25.7 Å². The van der Waals surface area contributed by atoms with Gasteiger partial charge in [0.1, 0.15) is 0 Å². The Balaban J connectivity index is 3.00. The minimum absolute atomic E-state index is 0.146. The summed E-state index contributed by atoms with van der Waals surface area (Å²) in [7, 11) is -3.46. The number of hydrogen-bond acceptors (Lipinski definition) is 3. The molecule has 0 heterocycles. The van der Waals surface area contributed by atoms with Crippen LogP contribution < -0.4 is 0 Å². The number of unbranched alkanes of at least 4 members (excludes halogenated alkanes) is 2. The molecule has 5 heteroatoms. The Morgan fingerprint density at radius 2 is 1.70 bits per heavy atom. The van der Waals surface area contributed by atoms with Gasteiger partial charge in [-0.3, -0.25) is 0 Å². The molecule has 0 fully saturated rings. The summed E-state index contributed by atoms with van der Waals surface area (Å²) in [4.78, 5) is 0.274. The van der Waals surface area contributed by atoms with Crippen LogP contribution in [0.25, 0.3) is 0 Å². The van der Waals surface area contributed by atoms with Crippen molar-refractivity contribution in [1.29, 1.82) is 0 Å². The van der Waals surface area contributed by atoms with E-state index in [-0.39, 0.29) is 11.5 Å². The van der Waals surface area contributed by atoms with Crippen LogP contribution in [0.15, 0.2) is 29.2 Å². The van der Waals surface area contributed by atoms with Gasteiger partial charge >= 0.3 is 0 Å². The van der Waals surface area contributed by atoms with Crippen molar-refractivity contribution in [3.05, 3.63) is 29.8 Å². The Kier molecular flexibility index (Phi) is 7.19. The molecule has 0 aliphatic rings. The van der Waals surface area contributed by atoms with Gasteiger partial charge in [0.05, 0.1) is 11.5 Å². The zero-order valence-electron chi connectivity index (χ0n) is 12.4. The van der Waals surface area contributed by atoms with E-state index in [1.165, 1.54) is 0 Å². The second-order valence-electron chi connectivity index (χ2n) is 4.92. The van der Waals surface area contributed by atoms with Gasteiger partial charge in [0.25, 0.3) is 0 Å². The van der Waals surface area contributed by atoms with Crippen LogP contribution in [0.3, 0.4) is 0 Å². The quantitative estimate of drug-likeness (QED) is 0.763. The summed E-state index contributed by atoms with van der Waals surface area (Å²) in [5, 5.41) is 9.14. The van der Waals surface area contributed by atoms with Crippen molar-refractivity contribution in [1.82, 2.24) is 4.31 Å². The molecule has 0 atom stereocenters. The first-order valence-electron chi connectivity index (χ1n) is 7.26. The summed E-state index contributed by atoms with van der Waals surface area (Å²) in [5.74, 6) is 0. The number of nitrogens with zero attached hydrogens (tertiary/aromatic N) is 1. The van der Waals surface area contributed by atoms with Crippen LogP contribution in [-0.2, 0) is 16.6 Å². The first-order valence-corrected chi connectivity index (χ1v) is 8.70. The average molecular weight is 299 g/mol. The molecule has 1 aromatic rings. The SMILES string of the molecule is CCCCN(CCCC)S(=O)(=O)c1cccc(CO)c1. The van der Waals surface area contributed by atoms with Crippen LogP contribution >= 0.6 is 0 Å². The van der Waals surface area contributed by atoms with Gasteiger partial charge in [-0.15, -0.1) is 0 Å². The molecule has 0 bridgehead atoms. The van der Waals surface area contributed by atoms with Gasteiger partial charge in [-0.25, -0.2) is 8.42 Å². The predicted molar refractivity (Wildman–Crippen MR) is 80.9 cm³/mol. The molecule has 0 spiro atoms. The van der Waals surface area contributed by atoms with E-state index < -0.39 is 10.0 Å². The number of rotatable bonds is 9. The van der Waals surface area contributed by atoms with E-state index in [1.807, 2.05) is 0 Å². The molecule has 0 unspecified atom stereocenters. The van der Waals surface area contributed by atoms with Crippen LogP contribution in [0.4, 0.5) is 0 Å². The minimum Gasteiger partial charge on any atom is -0.392 e. The van der Waals surface area contributed by atoms with Crippen molar-refractivity contribution in [2.75, 3.05) is 13.1 Å². The highest BCUT2D eigenvalue weighted by atomic mass is 32.2. The fourth-order valence-electron chi connectivity index (χ4n) is 1.97. The topological polar surface area (TPSA) is 57.6 Å². The van der Waals surface area contributed by atoms with Gasteiger partial charge in [-0.1, -0.05) is 38.8 Å². The summed E-state index contributed by atoms with van der Waals surface area (Å²) in [6.07, 6.45) is 3.66. The Hall–Kier alpha value is -0.910. The highest BCUT2D eigenvalue weighted by Gasteiger charge is 2.23. The van der Waals surface area contributed by atoms with Gasteiger partial charge in [0.15, 0.2) is 0 Å². The summed E-state index contributed by atoms with van der Waals surface area (Å²) >= 11 is 0. The first-order chi connectivity index (χ1) is 9.56. The van der Waals surface area contributed by atoms with Crippen molar-refractivity contribution < 1.29 is 13.5 Å². The van der Waals surface area contributed by atoms with Gasteiger partial charge in [0, 0.05) is 13.1 Å². The zero-order valence-corrected chi connectivity index (χ0v) is 13.2. The normalized spacial score (nSPS) is 12.0. The number of aliphatic hydroxyl groups excluding tert-OH is 1. The molecule has 0 aromatic heterocycles. The van der Waals surface area contributed by atoms with Crippen LogP contribution in [0.5, 0.6) is 0 Å². The van der Waals surface area contributed by atoms with Crippen molar-refractivity contribution in [3.8, 4) is 0 Å². The molecule has 20 heavy (non-hydrogen) atoms. The molecule has 114 valence electrons. The van der Waals surface area contributed by atoms with E-state index in [2.05, 4.69) is 13.8 Å². The van der Waals surface area contributed by atoms with Gasteiger partial charge in [0.2, 0.25) is 10.0 Å². The summed E-state index contributed by atoms with van der Waals surface area (Å²) in [5.41, 5.74) is 0.622. The molecule has 0 radical (unpaired) electrons. The summed E-state index contributed by atoms with van der Waals surface area (Å²) < 4.78 is 26.9. The number of benzene rings is 1. The molecule has 1 aromatic carbocycles. The van der Waals surface area contributed by atoms with Crippen molar-refractivity contribution in [2.45, 2.75) is 51.0 Å². The minimum atomic E-state index is -3.46. The zero-order chi connectivity index (χ0) is 15.0. The number of aliphatic hydroxyl groups is 1. The fraction of sp³-hybridized carbons (Fsp3) is 0.600. The molecule has 0 aliphatic carbocycles. The Bertz CT molecular complexity index is 492. The molecular weight excluding hydrogens is 274 g/mol. The summed E-state index contributed by atoms with van der Waals surface area (Å²) in [6, 6.07) is 6.55. The van der Waals surface area contributed by atoms with Crippen LogP contribution in [0, 0.1) is 0 Å². The molecule has 0 saturated heterocycles. The van der Waals surface area contributed by atoms with Gasteiger partial charge in [-0.2, -0.15) is 4.31 Å². The summed E-state index contributed by atoms with van der Waals surface area (Å²) in [6.45, 7) is 5.08. The lowest BCUT2D eigenvalue weighted by molar-refractivity contribution is 0.281. The molecule has 1 N–H and O–H groups in total. The van der Waals surface area contributed by atoms with E-state index in [4.69, 9.17) is 5.11 Å². The Morgan fingerprint density at radius 3 is 2.20 bits per heavy atom. The Labute approximate surface area is 122 Å². The highest BCUT2D eigenvalue weighted by Crippen LogP contribution is 2.18. The van der Waals surface area contributed by atoms with E-state index in [9.17, 15) is 8.42 Å². The van der Waals surface area contributed by atoms with E-state index in [0.29, 0.717) is 18.7 Å². The van der Waals surface area contributed by atoms with Crippen LogP contribution in [-0.4, -0.2) is 30.9 Å². The third kappa shape index (κ3) is 4.58. The number of hydrogen-bond donors (Lipinski definition) is 1. The third-order valence-electron chi connectivity index (χ3n) is 3.24. The largest absolute Gasteiger partial charge is 0.392 e. The molecule has 0 saturated carbocycles. The van der Waals surface area contributed by atoms with Crippen LogP contribution in [0.1, 0.15) is 45.1 Å². The highest BCUT2D eigenvalue weighted by molar-refractivity contribution is 7.89. The van der Waals surface area contributed by atoms with Gasteiger partial charge < -0.3 is 5.11 Å². The van der Waals surface area contributed by atoms with E-state index >= 15 is 0 Å². The monoisotopic (exact) mass is 299 g/mol. The van der Waals surface area contributed by atoms with Crippen molar-refractivity contribution in [2.24, 2.45) is 0 Å². The molecule has 0 aliphatic heterocycles. The average Bonchev–Trinajstić information content (AvgIpc) is 2.47. The van der Waals surface area contributed by atoms with E-state index in [1.54, 1.807) is 28.6 Å². The maximum atomic E-state index is 12.7. The molecule has 4 nitrogen and oxygen atoms in total. The number of sulfonamides is 1. The van der Waals surface area contributed by atoms with Crippen molar-refractivity contribution >= 4 is 10.0 Å². The molecular formula is C15H25NO3S. The lowest BCUT2D eigenvalue weighted by Crippen LogP contribution is -2.33. The smallest absolute Gasteiger partial charge is 0.243 e. The molecule has 0 amide bonds. The van der Waals surface area contributed by atoms with Crippen molar-refractivity contribution in [3.63, 3.8) is 0 Å². The lowest BCUT2D eigenvalue weighted by atomic mass is 10.2. The predicted octanol–water partition coefficient (Wildman–Crippen LogP) is 2.77. The first kappa shape index (κ1) is 17.1. The standard InChI is InChI=1S/C15H25NO3S/c1-3-5-10-16(11-6-4-2)20(18,19)15-9-7-8-14(12-15)13-17/h7-9,12,17H,3-6,10-11,13H2,1-2H3. The lowest BCUT2D eigenvalue weighted by Gasteiger charge is -2.22. The fourth-order valence-corrected chi connectivity index (χ4v) is 3.56. The third-order valence-corrected chi connectivity index (χ3v) is 5.14. The van der Waals surface area contributed by atoms with Crippen LogP contribution in [0.2, 0.25) is 0 Å². The molecule has 1 rings (SSSR count).